The highest BCUT2D eigenvalue weighted by Gasteiger charge is 2.22. The molecule has 1 rings (SSSR count). The largest absolute Gasteiger partial charge is 0.481 e. The highest BCUT2D eigenvalue weighted by Crippen LogP contribution is 2.18. The third-order valence-electron chi connectivity index (χ3n) is 3.01. The summed E-state index contributed by atoms with van der Waals surface area (Å²) in [5, 5.41) is 11.0. The van der Waals surface area contributed by atoms with Crippen molar-refractivity contribution in [2.24, 2.45) is 0 Å². The molecule has 7 nitrogen and oxygen atoms in total. The Morgan fingerprint density at radius 1 is 1.08 bits per heavy atom. The SMILES string of the molecule is C=CCN(CC=C)S(=O)(=O)c1ccc(NC(=O)CCC(=O)O)cc1. The Kier molecular flexibility index (Phi) is 7.34. The molecule has 2 N–H and O–H groups in total. The minimum atomic E-state index is -3.69. The minimum Gasteiger partial charge on any atom is -0.481 e. The van der Waals surface area contributed by atoms with E-state index in [1.807, 2.05) is 0 Å². The van der Waals surface area contributed by atoms with Gasteiger partial charge in [0.1, 0.15) is 0 Å². The van der Waals surface area contributed by atoms with Crippen LogP contribution in [0.15, 0.2) is 54.5 Å². The molecule has 1 amide bonds. The predicted molar refractivity (Wildman–Crippen MR) is 91.1 cm³/mol. The van der Waals surface area contributed by atoms with Crippen molar-refractivity contribution in [2.75, 3.05) is 18.4 Å². The molecule has 130 valence electrons. The normalized spacial score (nSPS) is 11.0. The van der Waals surface area contributed by atoms with Crippen molar-refractivity contribution in [3.63, 3.8) is 0 Å². The van der Waals surface area contributed by atoms with Crippen LogP contribution in [0.5, 0.6) is 0 Å². The number of carboxylic acid groups (broad SMARTS) is 1. The van der Waals surface area contributed by atoms with Crippen molar-refractivity contribution in [3.8, 4) is 0 Å². The molecular weight excluding hydrogens is 332 g/mol. The zero-order valence-electron chi connectivity index (χ0n) is 13.1. The van der Waals surface area contributed by atoms with Gasteiger partial charge in [0, 0.05) is 25.2 Å². The van der Waals surface area contributed by atoms with Gasteiger partial charge in [-0.05, 0) is 24.3 Å². The average molecular weight is 352 g/mol. The summed E-state index contributed by atoms with van der Waals surface area (Å²) in [6.07, 6.45) is 2.55. The molecular formula is C16H20N2O5S. The third kappa shape index (κ3) is 5.64. The molecule has 0 saturated heterocycles. The molecule has 8 heteroatoms. The molecule has 0 fully saturated rings. The summed E-state index contributed by atoms with van der Waals surface area (Å²) in [7, 11) is -3.69. The van der Waals surface area contributed by atoms with Gasteiger partial charge in [0.15, 0.2) is 0 Å². The maximum atomic E-state index is 12.5. The van der Waals surface area contributed by atoms with Crippen LogP contribution in [0.2, 0.25) is 0 Å². The van der Waals surface area contributed by atoms with Gasteiger partial charge in [-0.2, -0.15) is 4.31 Å². The van der Waals surface area contributed by atoms with E-state index in [2.05, 4.69) is 18.5 Å². The monoisotopic (exact) mass is 352 g/mol. The Bertz CT molecular complexity index is 700. The smallest absolute Gasteiger partial charge is 0.303 e. The van der Waals surface area contributed by atoms with E-state index in [0.717, 1.165) is 0 Å². The van der Waals surface area contributed by atoms with Crippen molar-refractivity contribution in [2.45, 2.75) is 17.7 Å². The van der Waals surface area contributed by atoms with E-state index >= 15 is 0 Å². The minimum absolute atomic E-state index is 0.0785. The van der Waals surface area contributed by atoms with E-state index in [1.165, 1.54) is 40.7 Å². The fraction of sp³-hybridized carbons (Fsp3) is 0.250. The maximum absolute atomic E-state index is 12.5. The second-order valence-electron chi connectivity index (χ2n) is 4.87. The summed E-state index contributed by atoms with van der Waals surface area (Å²) in [6.45, 7) is 7.38. The van der Waals surface area contributed by atoms with E-state index in [9.17, 15) is 18.0 Å². The van der Waals surface area contributed by atoms with Gasteiger partial charge in [-0.3, -0.25) is 9.59 Å². The Balaban J connectivity index is 2.85. The summed E-state index contributed by atoms with van der Waals surface area (Å²) >= 11 is 0. The number of anilines is 1. The standard InChI is InChI=1S/C16H20N2O5S/c1-3-11-18(12-4-2)24(22,23)14-7-5-13(6-8-14)17-15(19)9-10-16(20)21/h3-8H,1-2,9-12H2,(H,17,19)(H,20,21). The molecule has 1 aromatic carbocycles. The van der Waals surface area contributed by atoms with Crippen LogP contribution in [-0.4, -0.2) is 42.8 Å². The number of sulfonamides is 1. The topological polar surface area (TPSA) is 104 Å². The number of hydrogen-bond acceptors (Lipinski definition) is 4. The van der Waals surface area contributed by atoms with Crippen molar-refractivity contribution in [3.05, 3.63) is 49.6 Å². The van der Waals surface area contributed by atoms with Gasteiger partial charge in [0.2, 0.25) is 15.9 Å². The van der Waals surface area contributed by atoms with Crippen LogP contribution in [-0.2, 0) is 19.6 Å². The Morgan fingerprint density at radius 2 is 1.62 bits per heavy atom. The molecule has 0 heterocycles. The first-order chi connectivity index (χ1) is 11.3. The van der Waals surface area contributed by atoms with Crippen molar-refractivity contribution in [1.29, 1.82) is 0 Å². The highest BCUT2D eigenvalue weighted by molar-refractivity contribution is 7.89. The molecule has 0 radical (unpaired) electrons. The van der Waals surface area contributed by atoms with Crippen LogP contribution in [0.1, 0.15) is 12.8 Å². The molecule has 0 aliphatic carbocycles. The number of rotatable bonds is 10. The number of benzene rings is 1. The van der Waals surface area contributed by atoms with Gasteiger partial charge in [-0.1, -0.05) is 12.2 Å². The number of nitrogens with one attached hydrogen (secondary N) is 1. The third-order valence-corrected chi connectivity index (χ3v) is 4.85. The van der Waals surface area contributed by atoms with E-state index in [-0.39, 0.29) is 30.8 Å². The lowest BCUT2D eigenvalue weighted by Gasteiger charge is -2.19. The Morgan fingerprint density at radius 3 is 2.08 bits per heavy atom. The fourth-order valence-corrected chi connectivity index (χ4v) is 3.24. The summed E-state index contributed by atoms with van der Waals surface area (Å²) in [4.78, 5) is 22.0. The molecule has 0 aromatic heterocycles. The van der Waals surface area contributed by atoms with E-state index in [1.54, 1.807) is 0 Å². The molecule has 0 unspecified atom stereocenters. The van der Waals surface area contributed by atoms with Gasteiger partial charge in [-0.25, -0.2) is 8.42 Å². The van der Waals surface area contributed by atoms with Crippen LogP contribution in [0.25, 0.3) is 0 Å². The molecule has 1 aromatic rings. The number of hydrogen-bond donors (Lipinski definition) is 2. The van der Waals surface area contributed by atoms with E-state index in [0.29, 0.717) is 5.69 Å². The molecule has 0 aliphatic heterocycles. The molecule has 0 aliphatic rings. The lowest BCUT2D eigenvalue weighted by molar-refractivity contribution is -0.138. The molecule has 0 atom stereocenters. The summed E-state index contributed by atoms with van der Waals surface area (Å²) in [5.41, 5.74) is 0.392. The highest BCUT2D eigenvalue weighted by atomic mass is 32.2. The van der Waals surface area contributed by atoms with Gasteiger partial charge < -0.3 is 10.4 Å². The quantitative estimate of drug-likeness (QED) is 0.626. The molecule has 24 heavy (non-hydrogen) atoms. The predicted octanol–water partition coefficient (Wildman–Crippen LogP) is 1.85. The van der Waals surface area contributed by atoms with Crippen molar-refractivity contribution in [1.82, 2.24) is 4.31 Å². The first-order valence-electron chi connectivity index (χ1n) is 7.15. The average Bonchev–Trinajstić information content (AvgIpc) is 2.53. The zero-order chi connectivity index (χ0) is 18.2. The number of nitrogens with zero attached hydrogens (tertiary/aromatic N) is 1. The Labute approximate surface area is 141 Å². The number of carbonyl (C=O) groups is 2. The number of carbonyl (C=O) groups excluding carboxylic acids is 1. The number of amides is 1. The van der Waals surface area contributed by atoms with E-state index < -0.39 is 21.9 Å². The molecule has 0 bridgehead atoms. The molecule has 0 saturated carbocycles. The molecule has 0 spiro atoms. The van der Waals surface area contributed by atoms with Gasteiger partial charge >= 0.3 is 5.97 Å². The van der Waals surface area contributed by atoms with Gasteiger partial charge in [-0.15, -0.1) is 13.2 Å². The van der Waals surface area contributed by atoms with Crippen LogP contribution in [0, 0.1) is 0 Å². The Hall–Kier alpha value is -2.45. The van der Waals surface area contributed by atoms with Crippen LogP contribution in [0.4, 0.5) is 5.69 Å². The lowest BCUT2D eigenvalue weighted by Crippen LogP contribution is -2.31. The van der Waals surface area contributed by atoms with Gasteiger partial charge in [0.05, 0.1) is 11.3 Å². The summed E-state index contributed by atoms with van der Waals surface area (Å²) in [6, 6.07) is 5.65. The number of carboxylic acids is 1. The summed E-state index contributed by atoms with van der Waals surface area (Å²) < 4.78 is 26.2. The first kappa shape index (κ1) is 19.6. The lowest BCUT2D eigenvalue weighted by atomic mass is 10.2. The fourth-order valence-electron chi connectivity index (χ4n) is 1.86. The summed E-state index contributed by atoms with van der Waals surface area (Å²) in [5.74, 6) is -1.51. The first-order valence-corrected chi connectivity index (χ1v) is 8.59. The zero-order valence-corrected chi connectivity index (χ0v) is 14.0. The van der Waals surface area contributed by atoms with Crippen molar-refractivity contribution >= 4 is 27.6 Å². The van der Waals surface area contributed by atoms with Crippen molar-refractivity contribution < 1.29 is 23.1 Å². The second kappa shape index (κ2) is 8.99. The second-order valence-corrected chi connectivity index (χ2v) is 6.80. The van der Waals surface area contributed by atoms with Crippen LogP contribution in [0.3, 0.4) is 0 Å². The maximum Gasteiger partial charge on any atom is 0.303 e. The van der Waals surface area contributed by atoms with Crippen LogP contribution >= 0.6 is 0 Å². The number of aliphatic carboxylic acids is 1. The van der Waals surface area contributed by atoms with Crippen LogP contribution < -0.4 is 5.32 Å². The van der Waals surface area contributed by atoms with E-state index in [4.69, 9.17) is 5.11 Å². The van der Waals surface area contributed by atoms with Gasteiger partial charge in [0.25, 0.3) is 0 Å².